The van der Waals surface area contributed by atoms with E-state index >= 15 is 0 Å². The van der Waals surface area contributed by atoms with Crippen LogP contribution in [0.25, 0.3) is 0 Å². The van der Waals surface area contributed by atoms with Gasteiger partial charge in [-0.3, -0.25) is 14.6 Å². The van der Waals surface area contributed by atoms with Crippen molar-refractivity contribution in [3.05, 3.63) is 35.9 Å². The van der Waals surface area contributed by atoms with E-state index in [1.165, 1.54) is 0 Å². The van der Waals surface area contributed by atoms with Gasteiger partial charge in [0.15, 0.2) is 0 Å². The monoisotopic (exact) mass is 369 g/mol. The summed E-state index contributed by atoms with van der Waals surface area (Å²) in [4.78, 5) is 33.8. The largest absolute Gasteiger partial charge is 0.340 e. The fraction of sp³-hybridized carbons (Fsp3) is 0.556. The Morgan fingerprint density at radius 2 is 2.15 bits per heavy atom. The summed E-state index contributed by atoms with van der Waals surface area (Å²) in [6, 6.07) is 5.78. The highest BCUT2D eigenvalue weighted by molar-refractivity contribution is 5.83. The van der Waals surface area contributed by atoms with Crippen molar-refractivity contribution in [2.45, 2.75) is 45.3 Å². The Morgan fingerprint density at radius 3 is 2.89 bits per heavy atom. The summed E-state index contributed by atoms with van der Waals surface area (Å²) in [6.07, 6.45) is 3.85. The third-order valence-corrected chi connectivity index (χ3v) is 5.45. The lowest BCUT2D eigenvalue weighted by Crippen LogP contribution is -2.47. The van der Waals surface area contributed by atoms with Crippen LogP contribution in [-0.2, 0) is 22.7 Å². The third-order valence-electron chi connectivity index (χ3n) is 5.45. The highest BCUT2D eigenvalue weighted by Gasteiger charge is 2.41. The number of carbonyl (C=O) groups excluding carboxylic acids is 2. The molecule has 0 aliphatic carbocycles. The van der Waals surface area contributed by atoms with Gasteiger partial charge in [0.05, 0.1) is 24.7 Å². The number of pyridine rings is 1. The average molecular weight is 369 g/mol. The smallest absolute Gasteiger partial charge is 0.228 e. The molecule has 0 radical (unpaired) electrons. The number of hydrogen-bond acceptors (Lipinski definition) is 6. The van der Waals surface area contributed by atoms with Crippen LogP contribution in [0.4, 0.5) is 0 Å². The van der Waals surface area contributed by atoms with Crippen molar-refractivity contribution in [2.75, 3.05) is 13.1 Å². The molecule has 0 saturated carbocycles. The predicted molar refractivity (Wildman–Crippen MR) is 95.1 cm³/mol. The molecule has 5 heterocycles. The molecule has 2 atom stereocenters. The van der Waals surface area contributed by atoms with E-state index in [4.69, 9.17) is 0 Å². The molecule has 5 rings (SSSR count). The fourth-order valence-corrected chi connectivity index (χ4v) is 3.93. The molecule has 9 heteroatoms. The number of carbonyl (C=O) groups is 2. The van der Waals surface area contributed by atoms with Crippen LogP contribution in [0.2, 0.25) is 0 Å². The van der Waals surface area contributed by atoms with Crippen LogP contribution in [0.1, 0.15) is 30.8 Å². The number of tetrazole rings is 1. The number of rotatable bonds is 5. The van der Waals surface area contributed by atoms with E-state index < -0.39 is 0 Å². The normalized spacial score (nSPS) is 22.2. The predicted octanol–water partition coefficient (Wildman–Crippen LogP) is 0.416. The Hall–Kier alpha value is -2.84. The van der Waals surface area contributed by atoms with Crippen LogP contribution < -0.4 is 0 Å². The molecule has 3 saturated heterocycles. The second kappa shape index (κ2) is 7.42. The summed E-state index contributed by atoms with van der Waals surface area (Å²) in [6.45, 7) is 3.86. The maximum Gasteiger partial charge on any atom is 0.228 e. The molecule has 0 aromatic carbocycles. The third kappa shape index (κ3) is 3.67. The second-order valence-corrected chi connectivity index (χ2v) is 7.21. The lowest BCUT2D eigenvalue weighted by Gasteiger charge is -2.35. The number of aryl methyl sites for hydroxylation is 2. The Bertz CT molecular complexity index is 822. The van der Waals surface area contributed by atoms with Gasteiger partial charge >= 0.3 is 0 Å². The number of amides is 2. The molecule has 0 N–H and O–H groups in total. The Morgan fingerprint density at radius 1 is 1.26 bits per heavy atom. The van der Waals surface area contributed by atoms with Crippen LogP contribution in [0.15, 0.2) is 24.4 Å². The standard InChI is InChI=1S/C18H23N7O2/c1-13-20-21-22-25(13)9-7-17(26)23-10-14-5-6-16(12-23)24(18(14)27)11-15-4-2-3-8-19-15/h2-4,8,14,16H,5-7,9-12H2,1H3/t14-,16+/m1/s1. The zero-order chi connectivity index (χ0) is 18.8. The molecule has 0 unspecified atom stereocenters. The van der Waals surface area contributed by atoms with Gasteiger partial charge in [-0.1, -0.05) is 6.07 Å². The first-order chi connectivity index (χ1) is 13.1. The molecule has 0 spiro atoms. The molecule has 3 aliphatic heterocycles. The number of fused-ring (bicyclic) bond motifs is 4. The van der Waals surface area contributed by atoms with Gasteiger partial charge in [0, 0.05) is 31.7 Å². The summed E-state index contributed by atoms with van der Waals surface area (Å²) in [5.74, 6) is 0.763. The first kappa shape index (κ1) is 17.6. The van der Waals surface area contributed by atoms with Crippen molar-refractivity contribution in [1.29, 1.82) is 0 Å². The Kier molecular flexibility index (Phi) is 4.83. The molecule has 27 heavy (non-hydrogen) atoms. The number of nitrogens with zero attached hydrogens (tertiary/aromatic N) is 7. The molecular weight excluding hydrogens is 346 g/mol. The van der Waals surface area contributed by atoms with E-state index in [0.29, 0.717) is 38.4 Å². The van der Waals surface area contributed by atoms with Crippen LogP contribution in [-0.4, -0.2) is 65.9 Å². The van der Waals surface area contributed by atoms with Gasteiger partial charge in [0.1, 0.15) is 5.82 Å². The first-order valence-corrected chi connectivity index (χ1v) is 9.33. The minimum atomic E-state index is -0.119. The Labute approximate surface area is 157 Å². The minimum Gasteiger partial charge on any atom is -0.340 e. The van der Waals surface area contributed by atoms with Crippen LogP contribution in [0.5, 0.6) is 0 Å². The van der Waals surface area contributed by atoms with Crippen LogP contribution in [0, 0.1) is 12.8 Å². The molecule has 2 aromatic rings. The molecule has 3 aliphatic rings. The number of hydrogen-bond donors (Lipinski definition) is 0. The average Bonchev–Trinajstić information content (AvgIpc) is 2.90. The van der Waals surface area contributed by atoms with Gasteiger partial charge < -0.3 is 9.80 Å². The first-order valence-electron chi connectivity index (χ1n) is 9.33. The maximum absolute atomic E-state index is 12.9. The van der Waals surface area contributed by atoms with E-state index in [1.54, 1.807) is 10.9 Å². The number of piperidine rings is 1. The zero-order valence-corrected chi connectivity index (χ0v) is 15.4. The second-order valence-electron chi connectivity index (χ2n) is 7.21. The summed E-state index contributed by atoms with van der Waals surface area (Å²) in [5, 5.41) is 11.3. The van der Waals surface area contributed by atoms with Crippen molar-refractivity contribution < 1.29 is 9.59 Å². The highest BCUT2D eigenvalue weighted by atomic mass is 16.2. The fourth-order valence-electron chi connectivity index (χ4n) is 3.93. The minimum absolute atomic E-state index is 0.0503. The summed E-state index contributed by atoms with van der Waals surface area (Å²) in [5.41, 5.74) is 0.880. The molecule has 2 aromatic heterocycles. The van der Waals surface area contributed by atoms with E-state index in [1.807, 2.05) is 34.9 Å². The molecule has 2 amide bonds. The zero-order valence-electron chi connectivity index (χ0n) is 15.4. The quantitative estimate of drug-likeness (QED) is 0.758. The SMILES string of the molecule is Cc1nnnn1CCC(=O)N1C[C@H]2CC[C@@H](C1)N(Cc1ccccn1)C2=O. The van der Waals surface area contributed by atoms with Gasteiger partial charge in [0.25, 0.3) is 0 Å². The number of aromatic nitrogens is 5. The van der Waals surface area contributed by atoms with E-state index in [-0.39, 0.29) is 23.8 Å². The summed E-state index contributed by atoms with van der Waals surface area (Å²) in [7, 11) is 0. The topological polar surface area (TPSA) is 97.1 Å². The van der Waals surface area contributed by atoms with Crippen molar-refractivity contribution in [2.24, 2.45) is 5.92 Å². The lowest BCUT2D eigenvalue weighted by molar-refractivity contribution is -0.140. The van der Waals surface area contributed by atoms with Gasteiger partial charge in [-0.2, -0.15) is 0 Å². The Balaban J connectivity index is 1.43. The molecule has 9 nitrogen and oxygen atoms in total. The molecule has 3 fully saturated rings. The summed E-state index contributed by atoms with van der Waals surface area (Å²) < 4.78 is 1.63. The van der Waals surface area contributed by atoms with Crippen LogP contribution >= 0.6 is 0 Å². The van der Waals surface area contributed by atoms with Crippen molar-refractivity contribution >= 4 is 11.8 Å². The van der Waals surface area contributed by atoms with Gasteiger partial charge in [-0.15, -0.1) is 5.10 Å². The van der Waals surface area contributed by atoms with Gasteiger partial charge in [-0.05, 0) is 42.3 Å². The molecule has 2 bridgehead atoms. The molecular formula is C18H23N7O2. The van der Waals surface area contributed by atoms with E-state index in [9.17, 15) is 9.59 Å². The van der Waals surface area contributed by atoms with E-state index in [2.05, 4.69) is 20.5 Å². The maximum atomic E-state index is 12.9. The van der Waals surface area contributed by atoms with Crippen molar-refractivity contribution in [1.82, 2.24) is 35.0 Å². The highest BCUT2D eigenvalue weighted by Crippen LogP contribution is 2.30. The van der Waals surface area contributed by atoms with Crippen LogP contribution in [0.3, 0.4) is 0 Å². The molecule has 142 valence electrons. The van der Waals surface area contributed by atoms with Gasteiger partial charge in [-0.25, -0.2) is 4.68 Å². The van der Waals surface area contributed by atoms with Gasteiger partial charge in [0.2, 0.25) is 11.8 Å². The lowest BCUT2D eigenvalue weighted by atomic mass is 9.94. The van der Waals surface area contributed by atoms with Crippen molar-refractivity contribution in [3.8, 4) is 0 Å². The van der Waals surface area contributed by atoms with E-state index in [0.717, 1.165) is 18.5 Å². The summed E-state index contributed by atoms with van der Waals surface area (Å²) >= 11 is 0. The van der Waals surface area contributed by atoms with Crippen molar-refractivity contribution in [3.63, 3.8) is 0 Å².